The third-order valence-corrected chi connectivity index (χ3v) is 8.54. The van der Waals surface area contributed by atoms with Crippen molar-refractivity contribution in [2.45, 2.75) is 71.9 Å². The number of hydrogen-bond donors (Lipinski definition) is 2. The topological polar surface area (TPSA) is 93.0 Å². The van der Waals surface area contributed by atoms with Crippen molar-refractivity contribution < 1.29 is 14.3 Å². The number of primary amides is 1. The highest BCUT2D eigenvalue weighted by molar-refractivity contribution is 6.08. The standard InChI is InChI=1S/C33H45N5O3/c1-4-25-23(22-37-17-13-24(14-18-37)38-15-8-7-9-16-38)11-10-12-28(25)36-32-26-19-30(40-5-2)31(41-6-3)20-29(26)35-21-27(32)33(34)39/h10-12,19-21,24H,4-9,13-18,22H2,1-3H3,(H2,34,39)(H,35,36). The molecule has 2 aromatic carbocycles. The average molecular weight is 560 g/mol. The SMILES string of the molecule is CCOc1cc2ncc(C(N)=O)c(Nc3cccc(CN4CCC(N5CCCCC5)CC4)c3CC)c2cc1OCC. The quantitative estimate of drug-likeness (QED) is 0.303. The molecule has 0 aliphatic carbocycles. The number of rotatable bonds is 11. The molecule has 2 aliphatic rings. The number of nitrogens with zero attached hydrogens (tertiary/aromatic N) is 3. The molecule has 41 heavy (non-hydrogen) atoms. The van der Waals surface area contributed by atoms with E-state index >= 15 is 0 Å². The van der Waals surface area contributed by atoms with Gasteiger partial charge in [-0.15, -0.1) is 0 Å². The summed E-state index contributed by atoms with van der Waals surface area (Å²) in [6.45, 7) is 12.8. The van der Waals surface area contributed by atoms with Gasteiger partial charge in [-0.2, -0.15) is 0 Å². The number of ether oxygens (including phenoxy) is 2. The van der Waals surface area contributed by atoms with Crippen LogP contribution in [0.2, 0.25) is 0 Å². The average Bonchev–Trinajstić information content (AvgIpc) is 2.99. The molecule has 0 spiro atoms. The van der Waals surface area contributed by atoms with Gasteiger partial charge in [0.1, 0.15) is 0 Å². The van der Waals surface area contributed by atoms with E-state index in [1.807, 2.05) is 26.0 Å². The van der Waals surface area contributed by atoms with Crippen LogP contribution in [0.5, 0.6) is 11.5 Å². The number of hydrogen-bond acceptors (Lipinski definition) is 7. The molecule has 0 bridgehead atoms. The van der Waals surface area contributed by atoms with Crippen LogP contribution in [0.4, 0.5) is 11.4 Å². The third-order valence-electron chi connectivity index (χ3n) is 8.54. The number of carbonyl (C=O) groups is 1. The Morgan fingerprint density at radius 2 is 1.71 bits per heavy atom. The van der Waals surface area contributed by atoms with Gasteiger partial charge in [0.2, 0.25) is 0 Å². The van der Waals surface area contributed by atoms with Gasteiger partial charge in [0, 0.05) is 35.9 Å². The molecule has 0 unspecified atom stereocenters. The van der Waals surface area contributed by atoms with Crippen molar-refractivity contribution in [2.24, 2.45) is 5.73 Å². The second kappa shape index (κ2) is 13.5. The Bertz CT molecular complexity index is 1350. The van der Waals surface area contributed by atoms with E-state index in [-0.39, 0.29) is 0 Å². The first kappa shape index (κ1) is 29.1. The molecule has 220 valence electrons. The first-order chi connectivity index (χ1) is 20.0. The van der Waals surface area contributed by atoms with E-state index in [0.717, 1.165) is 43.2 Å². The molecule has 1 amide bonds. The smallest absolute Gasteiger partial charge is 0.252 e. The summed E-state index contributed by atoms with van der Waals surface area (Å²) >= 11 is 0. The summed E-state index contributed by atoms with van der Waals surface area (Å²) in [6, 6.07) is 10.9. The Morgan fingerprint density at radius 3 is 2.37 bits per heavy atom. The lowest BCUT2D eigenvalue weighted by Crippen LogP contribution is -2.46. The molecule has 1 aromatic heterocycles. The van der Waals surface area contributed by atoms with E-state index in [1.54, 1.807) is 6.20 Å². The predicted octanol–water partition coefficient (Wildman–Crippen LogP) is 5.89. The molecule has 3 N–H and O–H groups in total. The Hall–Kier alpha value is -3.36. The summed E-state index contributed by atoms with van der Waals surface area (Å²) in [5.74, 6) is 0.720. The fourth-order valence-corrected chi connectivity index (χ4v) is 6.48. The molecule has 5 rings (SSSR count). The van der Waals surface area contributed by atoms with Crippen LogP contribution < -0.4 is 20.5 Å². The van der Waals surface area contributed by atoms with Crippen LogP contribution in [-0.4, -0.2) is 66.1 Å². The van der Waals surface area contributed by atoms with E-state index < -0.39 is 5.91 Å². The van der Waals surface area contributed by atoms with E-state index in [2.05, 4.69) is 45.2 Å². The number of anilines is 2. The van der Waals surface area contributed by atoms with Crippen molar-refractivity contribution in [2.75, 3.05) is 44.7 Å². The number of carbonyl (C=O) groups excluding carboxylic acids is 1. The summed E-state index contributed by atoms with van der Waals surface area (Å²) in [5.41, 5.74) is 11.1. The largest absolute Gasteiger partial charge is 0.490 e. The van der Waals surface area contributed by atoms with Crippen LogP contribution in [0.25, 0.3) is 10.9 Å². The van der Waals surface area contributed by atoms with Crippen molar-refractivity contribution >= 4 is 28.2 Å². The normalized spacial score (nSPS) is 17.0. The van der Waals surface area contributed by atoms with Gasteiger partial charge < -0.3 is 25.4 Å². The first-order valence-corrected chi connectivity index (χ1v) is 15.4. The molecule has 8 heteroatoms. The zero-order chi connectivity index (χ0) is 28.8. The lowest BCUT2D eigenvalue weighted by Gasteiger charge is -2.40. The lowest BCUT2D eigenvalue weighted by molar-refractivity contribution is 0.0895. The van der Waals surface area contributed by atoms with Gasteiger partial charge in [0.25, 0.3) is 5.91 Å². The Labute approximate surface area is 244 Å². The monoisotopic (exact) mass is 559 g/mol. The number of likely N-dealkylation sites (tertiary alicyclic amines) is 2. The van der Waals surface area contributed by atoms with E-state index in [9.17, 15) is 4.79 Å². The Kier molecular flexibility index (Phi) is 9.62. The number of nitrogens with one attached hydrogen (secondary N) is 1. The third kappa shape index (κ3) is 6.60. The number of amides is 1. The number of aromatic nitrogens is 1. The molecular weight excluding hydrogens is 514 g/mol. The summed E-state index contributed by atoms with van der Waals surface area (Å²) < 4.78 is 11.7. The van der Waals surface area contributed by atoms with E-state index in [1.165, 1.54) is 56.3 Å². The van der Waals surface area contributed by atoms with Gasteiger partial charge in [0.15, 0.2) is 11.5 Å². The molecule has 0 atom stereocenters. The van der Waals surface area contributed by atoms with Gasteiger partial charge in [-0.1, -0.05) is 25.5 Å². The maximum absolute atomic E-state index is 12.5. The van der Waals surface area contributed by atoms with Gasteiger partial charge >= 0.3 is 0 Å². The Morgan fingerprint density at radius 1 is 1.00 bits per heavy atom. The molecule has 3 heterocycles. The minimum Gasteiger partial charge on any atom is -0.490 e. The maximum Gasteiger partial charge on any atom is 0.252 e. The molecule has 8 nitrogen and oxygen atoms in total. The number of benzene rings is 2. The van der Waals surface area contributed by atoms with Gasteiger partial charge in [-0.05, 0) is 95.4 Å². The highest BCUT2D eigenvalue weighted by Crippen LogP contribution is 2.38. The number of pyridine rings is 1. The zero-order valence-electron chi connectivity index (χ0n) is 24.9. The van der Waals surface area contributed by atoms with Crippen molar-refractivity contribution in [3.63, 3.8) is 0 Å². The van der Waals surface area contributed by atoms with Crippen LogP contribution >= 0.6 is 0 Å². The lowest BCUT2D eigenvalue weighted by atomic mass is 9.97. The fourth-order valence-electron chi connectivity index (χ4n) is 6.48. The zero-order valence-corrected chi connectivity index (χ0v) is 24.9. The predicted molar refractivity (Wildman–Crippen MR) is 165 cm³/mol. The highest BCUT2D eigenvalue weighted by atomic mass is 16.5. The van der Waals surface area contributed by atoms with Gasteiger partial charge in [0.05, 0.1) is 30.0 Å². The van der Waals surface area contributed by atoms with Gasteiger partial charge in [-0.3, -0.25) is 14.7 Å². The number of fused-ring (bicyclic) bond motifs is 1. The van der Waals surface area contributed by atoms with Crippen molar-refractivity contribution in [1.82, 2.24) is 14.8 Å². The van der Waals surface area contributed by atoms with Crippen LogP contribution in [0.3, 0.4) is 0 Å². The molecular formula is C33H45N5O3. The maximum atomic E-state index is 12.5. The highest BCUT2D eigenvalue weighted by Gasteiger charge is 2.26. The number of nitrogens with two attached hydrogens (primary N) is 1. The molecule has 2 fully saturated rings. The number of piperidine rings is 2. The van der Waals surface area contributed by atoms with Crippen LogP contribution in [-0.2, 0) is 13.0 Å². The minimum absolute atomic E-state index is 0.344. The molecule has 3 aromatic rings. The van der Waals surface area contributed by atoms with Crippen molar-refractivity contribution in [3.8, 4) is 11.5 Å². The molecule has 2 aliphatic heterocycles. The van der Waals surface area contributed by atoms with Crippen LogP contribution in [0.1, 0.15) is 74.4 Å². The summed E-state index contributed by atoms with van der Waals surface area (Å²) in [4.78, 5) is 22.4. The molecule has 0 saturated carbocycles. The minimum atomic E-state index is -0.528. The summed E-state index contributed by atoms with van der Waals surface area (Å²) in [6.07, 6.45) is 9.00. The van der Waals surface area contributed by atoms with Crippen molar-refractivity contribution in [1.29, 1.82) is 0 Å². The van der Waals surface area contributed by atoms with E-state index in [4.69, 9.17) is 15.2 Å². The van der Waals surface area contributed by atoms with Crippen LogP contribution in [0, 0.1) is 0 Å². The molecule has 0 radical (unpaired) electrons. The molecule has 2 saturated heterocycles. The van der Waals surface area contributed by atoms with E-state index in [0.29, 0.717) is 41.5 Å². The van der Waals surface area contributed by atoms with Crippen molar-refractivity contribution in [3.05, 3.63) is 53.2 Å². The summed E-state index contributed by atoms with van der Waals surface area (Å²) in [7, 11) is 0. The Balaban J connectivity index is 1.42. The van der Waals surface area contributed by atoms with Gasteiger partial charge in [-0.25, -0.2) is 0 Å². The second-order valence-electron chi connectivity index (χ2n) is 11.1. The fraction of sp³-hybridized carbons (Fsp3) is 0.515. The first-order valence-electron chi connectivity index (χ1n) is 15.4. The summed E-state index contributed by atoms with van der Waals surface area (Å²) in [5, 5.41) is 4.37. The second-order valence-corrected chi connectivity index (χ2v) is 11.1. The van der Waals surface area contributed by atoms with Crippen LogP contribution in [0.15, 0.2) is 36.5 Å².